The number of nitrogens with zero attached hydrogens (tertiary/aromatic N) is 1. The van der Waals surface area contributed by atoms with Crippen LogP contribution in [0.5, 0.6) is 0 Å². The number of hydrogen-bond acceptors (Lipinski definition) is 6. The van der Waals surface area contributed by atoms with Crippen LogP contribution in [0.1, 0.15) is 36.1 Å². The van der Waals surface area contributed by atoms with Gasteiger partial charge < -0.3 is 25.0 Å². The van der Waals surface area contributed by atoms with Crippen LogP contribution < -0.4 is 10.6 Å². The highest BCUT2D eigenvalue weighted by Crippen LogP contribution is 2.28. The Morgan fingerprint density at radius 3 is 2.44 bits per heavy atom. The number of hydrogen-bond donors (Lipinski definition) is 2. The summed E-state index contributed by atoms with van der Waals surface area (Å²) < 4.78 is 10.7. The van der Waals surface area contributed by atoms with Crippen molar-refractivity contribution in [1.29, 1.82) is 0 Å². The third-order valence-electron chi connectivity index (χ3n) is 6.18. The molecule has 0 bridgehead atoms. The van der Waals surface area contributed by atoms with Crippen LogP contribution in [0.2, 0.25) is 0 Å². The number of amides is 3. The first-order valence-electron chi connectivity index (χ1n) is 11.9. The van der Waals surface area contributed by atoms with Gasteiger partial charge in [-0.3, -0.25) is 9.59 Å². The number of aryl methyl sites for hydroxylation is 1. The summed E-state index contributed by atoms with van der Waals surface area (Å²) >= 11 is 0. The summed E-state index contributed by atoms with van der Waals surface area (Å²) in [6.07, 6.45) is 0.0506. The highest BCUT2D eigenvalue weighted by molar-refractivity contribution is 5.95. The Kier molecular flexibility index (Phi) is 7.68. The number of urea groups is 1. The molecule has 1 saturated heterocycles. The summed E-state index contributed by atoms with van der Waals surface area (Å²) in [7, 11) is 0. The lowest BCUT2D eigenvalue weighted by Gasteiger charge is -2.29. The molecule has 188 valence electrons. The summed E-state index contributed by atoms with van der Waals surface area (Å²) in [4.78, 5) is 52.2. The molecule has 0 saturated carbocycles. The molecule has 4 rings (SSSR count). The molecular formula is C27H29N3O6. The molecule has 2 aliphatic rings. The van der Waals surface area contributed by atoms with Crippen LogP contribution in [0.3, 0.4) is 0 Å². The van der Waals surface area contributed by atoms with Gasteiger partial charge in [-0.05, 0) is 25.0 Å². The quantitative estimate of drug-likeness (QED) is 0.549. The Morgan fingerprint density at radius 2 is 1.75 bits per heavy atom. The summed E-state index contributed by atoms with van der Waals surface area (Å²) in [5, 5.41) is 5.31. The van der Waals surface area contributed by atoms with Crippen LogP contribution >= 0.6 is 0 Å². The van der Waals surface area contributed by atoms with Crippen molar-refractivity contribution in [2.75, 3.05) is 19.8 Å². The van der Waals surface area contributed by atoms with Crippen molar-refractivity contribution in [3.8, 4) is 0 Å². The summed E-state index contributed by atoms with van der Waals surface area (Å²) in [6.45, 7) is 4.16. The maximum Gasteiger partial charge on any atom is 0.338 e. The number of nitrogens with one attached hydrogen (secondary N) is 2. The van der Waals surface area contributed by atoms with Crippen molar-refractivity contribution < 1.29 is 28.7 Å². The van der Waals surface area contributed by atoms with Gasteiger partial charge in [0.05, 0.1) is 29.8 Å². The van der Waals surface area contributed by atoms with E-state index in [1.807, 2.05) is 37.3 Å². The largest absolute Gasteiger partial charge is 0.463 e. The van der Waals surface area contributed by atoms with Gasteiger partial charge in [-0.1, -0.05) is 60.2 Å². The predicted octanol–water partition coefficient (Wildman–Crippen LogP) is 2.76. The number of rotatable bonds is 8. The van der Waals surface area contributed by atoms with Crippen LogP contribution in [-0.4, -0.2) is 48.5 Å². The molecule has 2 aromatic carbocycles. The lowest BCUT2D eigenvalue weighted by molar-refractivity contribution is -0.148. The maximum atomic E-state index is 12.8. The van der Waals surface area contributed by atoms with Crippen molar-refractivity contribution in [2.45, 2.75) is 32.9 Å². The third-order valence-corrected chi connectivity index (χ3v) is 6.18. The van der Waals surface area contributed by atoms with Gasteiger partial charge in [-0.25, -0.2) is 9.59 Å². The van der Waals surface area contributed by atoms with Gasteiger partial charge >= 0.3 is 18.0 Å². The van der Waals surface area contributed by atoms with Gasteiger partial charge in [0.1, 0.15) is 6.61 Å². The standard InChI is InChI=1S/C27H29N3O6/c1-3-35-26(33)23-21(28-27(34)29-24(23)19-7-5-4-6-8-19)16-36-25(32)20-13-22(31)30(15-20)14-18-11-9-17(2)10-12-18/h4-12,20,24H,3,13-16H2,1-2H3,(H2,28,29,34). The zero-order chi connectivity index (χ0) is 25.7. The average Bonchev–Trinajstić information content (AvgIpc) is 3.24. The molecule has 2 N–H and O–H groups in total. The minimum atomic E-state index is -0.759. The molecule has 0 aliphatic carbocycles. The van der Waals surface area contributed by atoms with Gasteiger partial charge in [0.15, 0.2) is 0 Å². The fourth-order valence-electron chi connectivity index (χ4n) is 4.34. The molecule has 1 fully saturated rings. The number of benzene rings is 2. The third kappa shape index (κ3) is 5.73. The molecule has 36 heavy (non-hydrogen) atoms. The van der Waals surface area contributed by atoms with Crippen LogP contribution in [0, 0.1) is 12.8 Å². The van der Waals surface area contributed by atoms with Gasteiger partial charge in [0.25, 0.3) is 0 Å². The number of ether oxygens (including phenoxy) is 2. The molecule has 0 spiro atoms. The Balaban J connectivity index is 1.47. The van der Waals surface area contributed by atoms with Crippen LogP contribution in [0.4, 0.5) is 4.79 Å². The van der Waals surface area contributed by atoms with E-state index in [1.165, 1.54) is 0 Å². The Labute approximate surface area is 209 Å². The zero-order valence-electron chi connectivity index (χ0n) is 20.3. The molecule has 2 unspecified atom stereocenters. The van der Waals surface area contributed by atoms with E-state index in [1.54, 1.807) is 36.1 Å². The van der Waals surface area contributed by atoms with E-state index >= 15 is 0 Å². The van der Waals surface area contributed by atoms with E-state index in [9.17, 15) is 19.2 Å². The van der Waals surface area contributed by atoms with Crippen LogP contribution in [0.15, 0.2) is 65.9 Å². The second-order valence-electron chi connectivity index (χ2n) is 8.82. The lowest BCUT2D eigenvalue weighted by Crippen LogP contribution is -2.47. The molecule has 2 aromatic rings. The number of carbonyl (C=O) groups excluding carboxylic acids is 4. The highest BCUT2D eigenvalue weighted by Gasteiger charge is 2.37. The number of carbonyl (C=O) groups is 4. The highest BCUT2D eigenvalue weighted by atomic mass is 16.5. The van der Waals surface area contributed by atoms with Gasteiger partial charge in [-0.2, -0.15) is 0 Å². The Bertz CT molecular complexity index is 1180. The molecule has 9 nitrogen and oxygen atoms in total. The van der Waals surface area contributed by atoms with Crippen molar-refractivity contribution >= 4 is 23.9 Å². The topological polar surface area (TPSA) is 114 Å². The van der Waals surface area contributed by atoms with E-state index < -0.39 is 29.9 Å². The summed E-state index contributed by atoms with van der Waals surface area (Å²) in [5.41, 5.74) is 3.12. The first-order chi connectivity index (χ1) is 17.4. The van der Waals surface area contributed by atoms with E-state index in [2.05, 4.69) is 10.6 Å². The second kappa shape index (κ2) is 11.1. The van der Waals surface area contributed by atoms with Crippen molar-refractivity contribution in [3.05, 3.63) is 82.6 Å². The molecule has 2 aliphatic heterocycles. The molecule has 0 radical (unpaired) electrons. The van der Waals surface area contributed by atoms with E-state index in [0.29, 0.717) is 12.1 Å². The normalized spacial score (nSPS) is 19.6. The molecular weight excluding hydrogens is 462 g/mol. The Hall–Kier alpha value is -4.14. The average molecular weight is 492 g/mol. The first kappa shape index (κ1) is 25.0. The van der Waals surface area contributed by atoms with Gasteiger partial charge in [-0.15, -0.1) is 0 Å². The minimum Gasteiger partial charge on any atom is -0.463 e. The molecule has 2 atom stereocenters. The van der Waals surface area contributed by atoms with E-state index in [0.717, 1.165) is 11.1 Å². The summed E-state index contributed by atoms with van der Waals surface area (Å²) in [6, 6.07) is 15.6. The van der Waals surface area contributed by atoms with Gasteiger partial charge in [0, 0.05) is 19.5 Å². The van der Waals surface area contributed by atoms with Crippen molar-refractivity contribution in [2.24, 2.45) is 5.92 Å². The SMILES string of the molecule is CCOC(=O)C1=C(COC(=O)C2CC(=O)N(Cc3ccc(C)cc3)C2)NC(=O)NC1c1ccccc1. The first-order valence-corrected chi connectivity index (χ1v) is 11.9. The smallest absolute Gasteiger partial charge is 0.338 e. The second-order valence-corrected chi connectivity index (χ2v) is 8.82. The number of esters is 2. The molecule has 0 aromatic heterocycles. The monoisotopic (exact) mass is 491 g/mol. The van der Waals surface area contributed by atoms with Crippen molar-refractivity contribution in [3.63, 3.8) is 0 Å². The maximum absolute atomic E-state index is 12.8. The fraction of sp³-hybridized carbons (Fsp3) is 0.333. The lowest BCUT2D eigenvalue weighted by atomic mass is 9.95. The van der Waals surface area contributed by atoms with E-state index in [-0.39, 0.29) is 43.4 Å². The minimum absolute atomic E-state index is 0.0506. The predicted molar refractivity (Wildman–Crippen MR) is 130 cm³/mol. The van der Waals surface area contributed by atoms with Crippen LogP contribution in [0.25, 0.3) is 0 Å². The Morgan fingerprint density at radius 1 is 1.03 bits per heavy atom. The van der Waals surface area contributed by atoms with Crippen molar-refractivity contribution in [1.82, 2.24) is 15.5 Å². The van der Waals surface area contributed by atoms with Gasteiger partial charge in [0.2, 0.25) is 5.91 Å². The zero-order valence-corrected chi connectivity index (χ0v) is 20.3. The van der Waals surface area contributed by atoms with E-state index in [4.69, 9.17) is 9.47 Å². The molecule has 2 heterocycles. The number of likely N-dealkylation sites (tertiary alicyclic amines) is 1. The molecule has 9 heteroatoms. The fourth-order valence-corrected chi connectivity index (χ4v) is 4.34. The molecule has 3 amide bonds. The van der Waals surface area contributed by atoms with Crippen LogP contribution in [-0.2, 0) is 30.4 Å². The summed E-state index contributed by atoms with van der Waals surface area (Å²) in [5.74, 6) is -1.93.